The first-order valence-corrected chi connectivity index (χ1v) is 7.28. The molecule has 2 aromatic rings. The van der Waals surface area contributed by atoms with Crippen molar-refractivity contribution in [2.75, 3.05) is 7.11 Å². The van der Waals surface area contributed by atoms with Gasteiger partial charge in [0.2, 0.25) is 0 Å². The lowest BCUT2D eigenvalue weighted by molar-refractivity contribution is 0.0701. The van der Waals surface area contributed by atoms with Gasteiger partial charge in [0.1, 0.15) is 10.6 Å². The Morgan fingerprint density at radius 3 is 2.75 bits per heavy atom. The summed E-state index contributed by atoms with van der Waals surface area (Å²) < 4.78 is 5.10. The van der Waals surface area contributed by atoms with Crippen LogP contribution in [-0.2, 0) is 12.8 Å². The SMILES string of the molecule is CCc1nc(Cc2ccc(OC)c(Cl)c2)sc1C(=O)O. The number of benzene rings is 1. The fourth-order valence-electron chi connectivity index (χ4n) is 1.88. The van der Waals surface area contributed by atoms with Crippen LogP contribution in [0, 0.1) is 0 Å². The van der Waals surface area contributed by atoms with Gasteiger partial charge in [0.15, 0.2) is 0 Å². The molecule has 0 amide bonds. The van der Waals surface area contributed by atoms with Gasteiger partial charge in [-0.05, 0) is 24.1 Å². The molecule has 0 aliphatic heterocycles. The molecular weight excluding hydrogens is 298 g/mol. The molecule has 1 aromatic heterocycles. The maximum atomic E-state index is 11.1. The lowest BCUT2D eigenvalue weighted by Crippen LogP contribution is -1.97. The van der Waals surface area contributed by atoms with Crippen molar-refractivity contribution in [1.29, 1.82) is 0 Å². The molecule has 2 rings (SSSR count). The molecule has 0 saturated heterocycles. The molecule has 0 radical (unpaired) electrons. The van der Waals surface area contributed by atoms with Crippen molar-refractivity contribution in [3.8, 4) is 5.75 Å². The molecule has 106 valence electrons. The molecule has 0 fully saturated rings. The molecule has 0 bridgehead atoms. The van der Waals surface area contributed by atoms with E-state index in [4.69, 9.17) is 21.4 Å². The summed E-state index contributed by atoms with van der Waals surface area (Å²) in [6.45, 7) is 1.90. The first-order valence-electron chi connectivity index (χ1n) is 6.09. The number of carbonyl (C=O) groups is 1. The predicted molar refractivity (Wildman–Crippen MR) is 79.3 cm³/mol. The normalized spacial score (nSPS) is 10.6. The first kappa shape index (κ1) is 14.8. The number of aromatic carboxylic acids is 1. The van der Waals surface area contributed by atoms with E-state index in [0.29, 0.717) is 34.2 Å². The highest BCUT2D eigenvalue weighted by Crippen LogP contribution is 2.27. The average Bonchev–Trinajstić information content (AvgIpc) is 2.82. The van der Waals surface area contributed by atoms with Crippen LogP contribution in [0.4, 0.5) is 0 Å². The van der Waals surface area contributed by atoms with E-state index in [1.54, 1.807) is 13.2 Å². The lowest BCUT2D eigenvalue weighted by Gasteiger charge is -2.04. The van der Waals surface area contributed by atoms with E-state index in [9.17, 15) is 4.79 Å². The minimum Gasteiger partial charge on any atom is -0.495 e. The Hall–Kier alpha value is -1.59. The average molecular weight is 312 g/mol. The van der Waals surface area contributed by atoms with E-state index in [1.165, 1.54) is 11.3 Å². The van der Waals surface area contributed by atoms with Crippen molar-refractivity contribution in [2.24, 2.45) is 0 Å². The summed E-state index contributed by atoms with van der Waals surface area (Å²) in [6, 6.07) is 5.51. The number of hydrogen-bond donors (Lipinski definition) is 1. The van der Waals surface area contributed by atoms with Gasteiger partial charge in [-0.1, -0.05) is 24.6 Å². The summed E-state index contributed by atoms with van der Waals surface area (Å²) in [4.78, 5) is 15.8. The van der Waals surface area contributed by atoms with E-state index in [-0.39, 0.29) is 0 Å². The maximum absolute atomic E-state index is 11.1. The molecule has 1 aromatic carbocycles. The molecule has 1 N–H and O–H groups in total. The van der Waals surface area contributed by atoms with Crippen molar-refractivity contribution in [2.45, 2.75) is 19.8 Å². The predicted octanol–water partition coefficient (Wildman–Crippen LogP) is 3.66. The van der Waals surface area contributed by atoms with E-state index >= 15 is 0 Å². The van der Waals surface area contributed by atoms with Gasteiger partial charge in [-0.2, -0.15) is 0 Å². The molecular formula is C14H14ClNO3S. The number of aromatic nitrogens is 1. The summed E-state index contributed by atoms with van der Waals surface area (Å²) in [7, 11) is 1.56. The van der Waals surface area contributed by atoms with Gasteiger partial charge in [-0.15, -0.1) is 11.3 Å². The van der Waals surface area contributed by atoms with Gasteiger partial charge in [0, 0.05) is 6.42 Å². The Labute approximate surface area is 126 Å². The van der Waals surface area contributed by atoms with Crippen molar-refractivity contribution in [1.82, 2.24) is 4.98 Å². The molecule has 0 aliphatic carbocycles. The zero-order chi connectivity index (χ0) is 14.7. The number of aryl methyl sites for hydroxylation is 1. The van der Waals surface area contributed by atoms with E-state index in [1.807, 2.05) is 19.1 Å². The van der Waals surface area contributed by atoms with Crippen LogP contribution in [0.2, 0.25) is 5.02 Å². The molecule has 0 saturated carbocycles. The monoisotopic (exact) mass is 311 g/mol. The Morgan fingerprint density at radius 1 is 1.50 bits per heavy atom. The number of ether oxygens (including phenoxy) is 1. The van der Waals surface area contributed by atoms with Crippen LogP contribution in [0.3, 0.4) is 0 Å². The van der Waals surface area contributed by atoms with Gasteiger partial charge in [-0.25, -0.2) is 9.78 Å². The van der Waals surface area contributed by atoms with Crippen LogP contribution in [0.15, 0.2) is 18.2 Å². The second kappa shape index (κ2) is 6.24. The number of rotatable bonds is 5. The summed E-state index contributed by atoms with van der Waals surface area (Å²) in [5, 5.41) is 10.4. The second-order valence-corrected chi connectivity index (χ2v) is 5.68. The van der Waals surface area contributed by atoms with Gasteiger partial charge in [0.05, 0.1) is 22.8 Å². The number of nitrogens with zero attached hydrogens (tertiary/aromatic N) is 1. The standard InChI is InChI=1S/C14H14ClNO3S/c1-3-10-13(14(17)18)20-12(16-10)7-8-4-5-11(19-2)9(15)6-8/h4-6H,3,7H2,1-2H3,(H,17,18). The molecule has 1 heterocycles. The fourth-order valence-corrected chi connectivity index (χ4v) is 3.18. The third-order valence-electron chi connectivity index (χ3n) is 2.84. The summed E-state index contributed by atoms with van der Waals surface area (Å²) in [6.07, 6.45) is 1.18. The van der Waals surface area contributed by atoms with Crippen LogP contribution in [0.5, 0.6) is 5.75 Å². The smallest absolute Gasteiger partial charge is 0.347 e. The lowest BCUT2D eigenvalue weighted by atomic mass is 10.1. The van der Waals surface area contributed by atoms with Crippen molar-refractivity contribution in [3.05, 3.63) is 44.4 Å². The third kappa shape index (κ3) is 3.11. The summed E-state index contributed by atoms with van der Waals surface area (Å²) >= 11 is 7.29. The fraction of sp³-hybridized carbons (Fsp3) is 0.286. The van der Waals surface area contributed by atoms with Crippen LogP contribution >= 0.6 is 22.9 Å². The Balaban J connectivity index is 2.26. The van der Waals surface area contributed by atoms with Crippen LogP contribution in [0.1, 0.15) is 32.9 Å². The van der Waals surface area contributed by atoms with Gasteiger partial charge in [0.25, 0.3) is 0 Å². The van der Waals surface area contributed by atoms with Crippen LogP contribution < -0.4 is 4.74 Å². The minimum atomic E-state index is -0.918. The number of halogens is 1. The number of carboxylic acids is 1. The highest BCUT2D eigenvalue weighted by atomic mass is 35.5. The zero-order valence-electron chi connectivity index (χ0n) is 11.1. The Kier molecular flexibility index (Phi) is 4.62. The van der Waals surface area contributed by atoms with E-state index in [2.05, 4.69) is 4.98 Å². The molecule has 0 spiro atoms. The topological polar surface area (TPSA) is 59.4 Å². The largest absolute Gasteiger partial charge is 0.495 e. The zero-order valence-corrected chi connectivity index (χ0v) is 12.7. The number of methoxy groups -OCH3 is 1. The molecule has 0 atom stereocenters. The molecule has 6 heteroatoms. The maximum Gasteiger partial charge on any atom is 0.347 e. The quantitative estimate of drug-likeness (QED) is 0.915. The van der Waals surface area contributed by atoms with Crippen LogP contribution in [-0.4, -0.2) is 23.2 Å². The second-order valence-electron chi connectivity index (χ2n) is 4.19. The van der Waals surface area contributed by atoms with Crippen molar-refractivity contribution in [3.63, 3.8) is 0 Å². The molecule has 0 unspecified atom stereocenters. The summed E-state index contributed by atoms with van der Waals surface area (Å²) in [5.41, 5.74) is 1.61. The van der Waals surface area contributed by atoms with Crippen molar-refractivity contribution >= 4 is 28.9 Å². The molecule has 0 aliphatic rings. The molecule has 20 heavy (non-hydrogen) atoms. The van der Waals surface area contributed by atoms with Crippen molar-refractivity contribution < 1.29 is 14.6 Å². The number of thiazole rings is 1. The highest BCUT2D eigenvalue weighted by Gasteiger charge is 2.16. The van der Waals surface area contributed by atoms with E-state index < -0.39 is 5.97 Å². The van der Waals surface area contributed by atoms with Gasteiger partial charge >= 0.3 is 5.97 Å². The Morgan fingerprint density at radius 2 is 2.25 bits per heavy atom. The number of hydrogen-bond acceptors (Lipinski definition) is 4. The minimum absolute atomic E-state index is 0.321. The Bertz CT molecular complexity index is 639. The molecule has 4 nitrogen and oxygen atoms in total. The van der Waals surface area contributed by atoms with E-state index in [0.717, 1.165) is 10.6 Å². The highest BCUT2D eigenvalue weighted by molar-refractivity contribution is 7.13. The van der Waals surface area contributed by atoms with Crippen LogP contribution in [0.25, 0.3) is 0 Å². The van der Waals surface area contributed by atoms with Gasteiger partial charge < -0.3 is 9.84 Å². The van der Waals surface area contributed by atoms with Gasteiger partial charge in [-0.3, -0.25) is 0 Å². The number of carboxylic acid groups (broad SMARTS) is 1. The third-order valence-corrected chi connectivity index (χ3v) is 4.22. The first-order chi connectivity index (χ1) is 9.55. The summed E-state index contributed by atoms with van der Waals surface area (Å²) in [5.74, 6) is -0.298.